The van der Waals surface area contributed by atoms with Gasteiger partial charge in [0.05, 0.1) is 5.69 Å². The van der Waals surface area contributed by atoms with Crippen LogP contribution < -0.4 is 4.90 Å². The van der Waals surface area contributed by atoms with Crippen LogP contribution in [0.4, 0.5) is 5.82 Å². The topological polar surface area (TPSA) is 36.4 Å². The SMILES string of the molecule is CCCCCCCCCCCCCCCCc1c(C)c(N(C)C)nc(C)c1O. The van der Waals surface area contributed by atoms with Crippen LogP contribution in [0.25, 0.3) is 0 Å². The number of aromatic nitrogens is 1. The van der Waals surface area contributed by atoms with E-state index in [1.807, 2.05) is 25.9 Å². The number of unbranched alkanes of at least 4 members (excludes halogenated alkanes) is 13. The average molecular weight is 391 g/mol. The van der Waals surface area contributed by atoms with Crippen molar-refractivity contribution in [3.8, 4) is 5.75 Å². The van der Waals surface area contributed by atoms with Crippen LogP contribution in [0.5, 0.6) is 5.75 Å². The van der Waals surface area contributed by atoms with Gasteiger partial charge in [-0.25, -0.2) is 4.98 Å². The van der Waals surface area contributed by atoms with E-state index in [0.29, 0.717) is 5.75 Å². The molecule has 0 unspecified atom stereocenters. The second-order valence-corrected chi connectivity index (χ2v) is 8.71. The van der Waals surface area contributed by atoms with E-state index in [0.717, 1.165) is 35.5 Å². The zero-order chi connectivity index (χ0) is 20.8. The Kier molecular flexibility index (Phi) is 13.0. The van der Waals surface area contributed by atoms with Gasteiger partial charge in [0.15, 0.2) is 0 Å². The number of aromatic hydroxyl groups is 1. The van der Waals surface area contributed by atoms with Gasteiger partial charge >= 0.3 is 0 Å². The number of hydrogen-bond acceptors (Lipinski definition) is 3. The van der Waals surface area contributed by atoms with E-state index in [-0.39, 0.29) is 0 Å². The van der Waals surface area contributed by atoms with Crippen molar-refractivity contribution in [1.82, 2.24) is 4.98 Å². The van der Waals surface area contributed by atoms with Crippen molar-refractivity contribution < 1.29 is 5.11 Å². The number of hydrogen-bond donors (Lipinski definition) is 1. The molecule has 0 aliphatic carbocycles. The minimum absolute atomic E-state index is 0.401. The summed E-state index contributed by atoms with van der Waals surface area (Å²) in [5, 5.41) is 10.4. The third kappa shape index (κ3) is 9.30. The molecule has 0 fully saturated rings. The molecule has 0 saturated heterocycles. The first-order chi connectivity index (χ1) is 13.5. The zero-order valence-corrected chi connectivity index (χ0v) is 19.4. The van der Waals surface area contributed by atoms with E-state index in [9.17, 15) is 5.11 Å². The van der Waals surface area contributed by atoms with Gasteiger partial charge in [0.2, 0.25) is 0 Å². The summed E-state index contributed by atoms with van der Waals surface area (Å²) >= 11 is 0. The van der Waals surface area contributed by atoms with E-state index < -0.39 is 0 Å². The van der Waals surface area contributed by atoms with Crippen LogP contribution >= 0.6 is 0 Å². The molecule has 0 aliphatic rings. The lowest BCUT2D eigenvalue weighted by Gasteiger charge is -2.19. The van der Waals surface area contributed by atoms with Crippen molar-refractivity contribution >= 4 is 5.82 Å². The van der Waals surface area contributed by atoms with Gasteiger partial charge in [-0.15, -0.1) is 0 Å². The molecule has 162 valence electrons. The van der Waals surface area contributed by atoms with Crippen molar-refractivity contribution in [2.75, 3.05) is 19.0 Å². The maximum atomic E-state index is 10.4. The summed E-state index contributed by atoms with van der Waals surface area (Å²) in [6.45, 7) is 6.27. The largest absolute Gasteiger partial charge is 0.506 e. The van der Waals surface area contributed by atoms with E-state index in [4.69, 9.17) is 0 Å². The van der Waals surface area contributed by atoms with E-state index in [1.165, 1.54) is 83.5 Å². The van der Waals surface area contributed by atoms with Gasteiger partial charge in [0.25, 0.3) is 0 Å². The van der Waals surface area contributed by atoms with E-state index in [2.05, 4.69) is 18.8 Å². The first-order valence-corrected chi connectivity index (χ1v) is 11.8. The van der Waals surface area contributed by atoms with Gasteiger partial charge in [-0.2, -0.15) is 0 Å². The predicted molar refractivity (Wildman–Crippen MR) is 124 cm³/mol. The Morgan fingerprint density at radius 1 is 0.714 bits per heavy atom. The summed E-state index contributed by atoms with van der Waals surface area (Å²) in [7, 11) is 4.03. The third-order valence-electron chi connectivity index (χ3n) is 5.89. The van der Waals surface area contributed by atoms with E-state index in [1.54, 1.807) is 0 Å². The summed E-state index contributed by atoms with van der Waals surface area (Å²) in [4.78, 5) is 6.56. The van der Waals surface area contributed by atoms with Crippen LogP contribution in [0.3, 0.4) is 0 Å². The Bertz CT molecular complexity index is 540. The minimum Gasteiger partial charge on any atom is -0.506 e. The molecule has 1 aromatic heterocycles. The monoisotopic (exact) mass is 390 g/mol. The number of rotatable bonds is 16. The fourth-order valence-corrected chi connectivity index (χ4v) is 4.06. The van der Waals surface area contributed by atoms with Crippen LogP contribution in [0.15, 0.2) is 0 Å². The highest BCUT2D eigenvalue weighted by Crippen LogP contribution is 2.31. The van der Waals surface area contributed by atoms with Crippen LogP contribution in [-0.2, 0) is 6.42 Å². The zero-order valence-electron chi connectivity index (χ0n) is 19.4. The highest BCUT2D eigenvalue weighted by molar-refractivity contribution is 5.55. The van der Waals surface area contributed by atoms with Crippen LogP contribution in [-0.4, -0.2) is 24.2 Å². The van der Waals surface area contributed by atoms with Crippen LogP contribution in [0, 0.1) is 13.8 Å². The second-order valence-electron chi connectivity index (χ2n) is 8.71. The lowest BCUT2D eigenvalue weighted by Crippen LogP contribution is -2.14. The van der Waals surface area contributed by atoms with Crippen molar-refractivity contribution in [2.24, 2.45) is 0 Å². The molecule has 0 bridgehead atoms. The van der Waals surface area contributed by atoms with Gasteiger partial charge in [0, 0.05) is 19.7 Å². The Morgan fingerprint density at radius 3 is 1.57 bits per heavy atom. The number of pyridine rings is 1. The molecular formula is C25H46N2O. The molecule has 0 amide bonds. The predicted octanol–water partition coefficient (Wildman–Crippen LogP) is 7.49. The first-order valence-electron chi connectivity index (χ1n) is 11.8. The lowest BCUT2D eigenvalue weighted by molar-refractivity contribution is 0.457. The normalized spacial score (nSPS) is 11.2. The fourth-order valence-electron chi connectivity index (χ4n) is 4.06. The Morgan fingerprint density at radius 2 is 1.14 bits per heavy atom. The maximum Gasteiger partial charge on any atom is 0.140 e. The molecule has 0 radical (unpaired) electrons. The number of aryl methyl sites for hydroxylation is 1. The highest BCUT2D eigenvalue weighted by atomic mass is 16.3. The molecule has 3 heteroatoms. The summed E-state index contributed by atoms with van der Waals surface area (Å²) in [6.07, 6.45) is 20.2. The van der Waals surface area contributed by atoms with Gasteiger partial charge in [-0.3, -0.25) is 0 Å². The summed E-state index contributed by atoms with van der Waals surface area (Å²) in [5.74, 6) is 1.38. The van der Waals surface area contributed by atoms with Crippen molar-refractivity contribution in [3.05, 3.63) is 16.8 Å². The standard InChI is InChI=1S/C25H46N2O/c1-6-7-8-9-10-11-12-13-14-15-16-17-18-19-20-23-21(2)25(27(4)5)26-22(3)24(23)28/h28H,6-20H2,1-5H3. The molecule has 0 aromatic carbocycles. The van der Waals surface area contributed by atoms with E-state index >= 15 is 0 Å². The summed E-state index contributed by atoms with van der Waals surface area (Å²) in [6, 6.07) is 0. The molecule has 0 spiro atoms. The molecule has 28 heavy (non-hydrogen) atoms. The maximum absolute atomic E-state index is 10.4. The summed E-state index contributed by atoms with van der Waals surface area (Å²) < 4.78 is 0. The van der Waals surface area contributed by atoms with Gasteiger partial charge in [0.1, 0.15) is 11.6 Å². The molecule has 1 N–H and O–H groups in total. The second kappa shape index (κ2) is 14.7. The smallest absolute Gasteiger partial charge is 0.140 e. The average Bonchev–Trinajstić information content (AvgIpc) is 2.67. The van der Waals surface area contributed by atoms with Gasteiger partial charge in [-0.05, 0) is 32.3 Å². The lowest BCUT2D eigenvalue weighted by atomic mass is 9.99. The molecule has 0 atom stereocenters. The fraction of sp³-hybridized carbons (Fsp3) is 0.800. The third-order valence-corrected chi connectivity index (χ3v) is 5.89. The molecule has 1 rings (SSSR count). The molecule has 1 aromatic rings. The van der Waals surface area contributed by atoms with Gasteiger partial charge in [-0.1, -0.05) is 90.4 Å². The molecule has 1 heterocycles. The Hall–Kier alpha value is -1.25. The number of anilines is 1. The molecule has 3 nitrogen and oxygen atoms in total. The molecule has 0 aliphatic heterocycles. The van der Waals surface area contributed by atoms with Gasteiger partial charge < -0.3 is 10.0 Å². The number of nitrogens with zero attached hydrogens (tertiary/aromatic N) is 2. The van der Waals surface area contributed by atoms with Crippen LogP contribution in [0.2, 0.25) is 0 Å². The van der Waals surface area contributed by atoms with Crippen molar-refractivity contribution in [3.63, 3.8) is 0 Å². The molecule has 0 saturated carbocycles. The Labute approximate surface area is 175 Å². The Balaban J connectivity index is 2.11. The minimum atomic E-state index is 0.401. The first kappa shape index (κ1) is 24.8. The highest BCUT2D eigenvalue weighted by Gasteiger charge is 2.15. The van der Waals surface area contributed by atoms with Crippen molar-refractivity contribution in [2.45, 2.75) is 117 Å². The van der Waals surface area contributed by atoms with Crippen molar-refractivity contribution in [1.29, 1.82) is 0 Å². The quantitative estimate of drug-likeness (QED) is 0.297. The summed E-state index contributed by atoms with van der Waals surface area (Å²) in [5.41, 5.74) is 2.97. The van der Waals surface area contributed by atoms with Crippen LogP contribution in [0.1, 0.15) is 114 Å². The molecular weight excluding hydrogens is 344 g/mol.